The number of Topliss-reactive ketones (excluding diaryl/α,β-unsaturated/α-hetero) is 2. The second kappa shape index (κ2) is 21.0. The molecule has 0 aromatic heterocycles. The third-order valence-corrected chi connectivity index (χ3v) is 12.9. The van der Waals surface area contributed by atoms with Crippen LogP contribution in [0, 0.1) is 29.6 Å². The molecule has 14 atom stereocenters. The fraction of sp³-hybridized carbons (Fsp3) is 0.773. The number of fused-ring (bicyclic) bond motifs is 3. The number of aliphatic hydroxyl groups excluding tert-OH is 2. The van der Waals surface area contributed by atoms with Crippen LogP contribution >= 0.6 is 0 Å². The van der Waals surface area contributed by atoms with Gasteiger partial charge in [-0.25, -0.2) is 4.79 Å². The molecule has 322 valence electrons. The third-order valence-electron chi connectivity index (χ3n) is 12.9. The van der Waals surface area contributed by atoms with Crippen LogP contribution in [0.5, 0.6) is 0 Å². The molecule has 0 radical (unpaired) electrons. The van der Waals surface area contributed by atoms with E-state index in [1.165, 1.54) is 19.1 Å². The minimum absolute atomic E-state index is 0.00988. The van der Waals surface area contributed by atoms with Gasteiger partial charge in [0.25, 0.3) is 11.7 Å². The van der Waals surface area contributed by atoms with Crippen LogP contribution in [0.2, 0.25) is 0 Å². The summed E-state index contributed by atoms with van der Waals surface area (Å²) in [6.07, 6.45) is 4.93. The van der Waals surface area contributed by atoms with E-state index in [1.54, 1.807) is 27.0 Å². The fourth-order valence-electron chi connectivity index (χ4n) is 9.42. The zero-order chi connectivity index (χ0) is 42.2. The number of nitrogens with zero attached hydrogens (tertiary/aromatic N) is 1. The number of methoxy groups -OCH3 is 3. The SMILES string of the molecule is C=CC[C@H]1/C=C(\C)C[C@@H](C)C[C@H](OC)[C@H]2O[C@@](O)(C(=O)C(=O)N3CCCC[C@H]3C(=O)O[C@H](/C(C)=C/C3CC[C@@H](O)[C@H](OC)C3)[C@H](C)[C@H](O)CC1=O)[C@H](C)C[C@@H]2OC. The van der Waals surface area contributed by atoms with Gasteiger partial charge in [-0.05, 0) is 95.5 Å². The highest BCUT2D eigenvalue weighted by Gasteiger charge is 2.56. The molecule has 3 N–H and O–H groups in total. The number of hydrogen-bond acceptors (Lipinski definition) is 12. The van der Waals surface area contributed by atoms with Crippen molar-refractivity contribution in [2.75, 3.05) is 27.9 Å². The molecule has 2 bridgehead atoms. The first kappa shape index (κ1) is 46.9. The molecule has 4 aliphatic rings. The Morgan fingerprint density at radius 2 is 1.60 bits per heavy atom. The highest BCUT2D eigenvalue weighted by atomic mass is 16.7. The fourth-order valence-corrected chi connectivity index (χ4v) is 9.42. The molecule has 0 aromatic carbocycles. The van der Waals surface area contributed by atoms with E-state index < -0.39 is 83.9 Å². The lowest BCUT2D eigenvalue weighted by molar-refractivity contribution is -0.302. The second-order valence-electron chi connectivity index (χ2n) is 17.3. The summed E-state index contributed by atoms with van der Waals surface area (Å²) in [4.78, 5) is 57.8. The van der Waals surface area contributed by atoms with Gasteiger partial charge in [0.2, 0.25) is 5.79 Å². The van der Waals surface area contributed by atoms with Crippen LogP contribution in [0.1, 0.15) is 105 Å². The maximum Gasteiger partial charge on any atom is 0.329 e. The number of ether oxygens (including phenoxy) is 5. The van der Waals surface area contributed by atoms with Crippen LogP contribution in [0.4, 0.5) is 0 Å². The molecule has 1 saturated carbocycles. The quantitative estimate of drug-likeness (QED) is 0.185. The molecule has 3 heterocycles. The predicted octanol–water partition coefficient (Wildman–Crippen LogP) is 4.64. The number of esters is 1. The van der Waals surface area contributed by atoms with Crippen molar-refractivity contribution in [2.24, 2.45) is 29.6 Å². The lowest BCUT2D eigenvalue weighted by Gasteiger charge is -2.47. The van der Waals surface area contributed by atoms with E-state index in [4.69, 9.17) is 23.7 Å². The summed E-state index contributed by atoms with van der Waals surface area (Å²) in [5.74, 6) is -7.76. The number of rotatable bonds is 7. The number of aliphatic hydroxyl groups is 3. The summed E-state index contributed by atoms with van der Waals surface area (Å²) in [5, 5.41) is 34.1. The van der Waals surface area contributed by atoms with Gasteiger partial charge >= 0.3 is 5.97 Å². The average molecular weight is 804 g/mol. The van der Waals surface area contributed by atoms with Gasteiger partial charge in [0.1, 0.15) is 24.0 Å². The number of ketones is 2. The molecule has 1 amide bonds. The molecule has 2 saturated heterocycles. The molecule has 57 heavy (non-hydrogen) atoms. The summed E-state index contributed by atoms with van der Waals surface area (Å²) >= 11 is 0. The predicted molar refractivity (Wildman–Crippen MR) is 213 cm³/mol. The molecule has 0 aromatic rings. The summed E-state index contributed by atoms with van der Waals surface area (Å²) in [6.45, 7) is 13.1. The second-order valence-corrected chi connectivity index (χ2v) is 17.3. The topological polar surface area (TPSA) is 178 Å². The van der Waals surface area contributed by atoms with Gasteiger partial charge in [-0.3, -0.25) is 14.4 Å². The van der Waals surface area contributed by atoms with E-state index in [2.05, 4.69) is 6.58 Å². The molecule has 1 aliphatic carbocycles. The van der Waals surface area contributed by atoms with Gasteiger partial charge in [0, 0.05) is 52.0 Å². The largest absolute Gasteiger partial charge is 0.456 e. The molecule has 13 nitrogen and oxygen atoms in total. The van der Waals surface area contributed by atoms with Gasteiger partial charge in [0.15, 0.2) is 0 Å². The van der Waals surface area contributed by atoms with Crippen LogP contribution < -0.4 is 0 Å². The Kier molecular flexibility index (Phi) is 17.2. The zero-order valence-electron chi connectivity index (χ0n) is 35.4. The number of carbonyl (C=O) groups excluding carboxylic acids is 4. The normalized spacial score (nSPS) is 41.0. The Morgan fingerprint density at radius 1 is 0.930 bits per heavy atom. The summed E-state index contributed by atoms with van der Waals surface area (Å²) < 4.78 is 29.7. The minimum Gasteiger partial charge on any atom is -0.456 e. The van der Waals surface area contributed by atoms with Crippen LogP contribution in [-0.4, -0.2) is 126 Å². The van der Waals surface area contributed by atoms with E-state index >= 15 is 0 Å². The Bertz CT molecular complexity index is 1480. The first-order chi connectivity index (χ1) is 27.0. The Hall–Kier alpha value is -2.78. The summed E-state index contributed by atoms with van der Waals surface area (Å²) in [5.41, 5.74) is 1.61. The lowest BCUT2D eigenvalue weighted by atomic mass is 9.81. The minimum atomic E-state index is -2.51. The molecule has 13 heteroatoms. The zero-order valence-corrected chi connectivity index (χ0v) is 35.4. The van der Waals surface area contributed by atoms with E-state index in [0.29, 0.717) is 56.9 Å². The smallest absolute Gasteiger partial charge is 0.329 e. The average Bonchev–Trinajstić information content (AvgIpc) is 3.18. The first-order valence-corrected chi connectivity index (χ1v) is 20.9. The van der Waals surface area contributed by atoms with Gasteiger partial charge in [0.05, 0.1) is 30.5 Å². The van der Waals surface area contributed by atoms with E-state index in [1.807, 2.05) is 32.9 Å². The van der Waals surface area contributed by atoms with Crippen LogP contribution in [-0.2, 0) is 42.9 Å². The third kappa shape index (κ3) is 11.3. The van der Waals surface area contributed by atoms with Crippen molar-refractivity contribution < 1.29 is 58.2 Å². The van der Waals surface area contributed by atoms with Crippen LogP contribution in [0.25, 0.3) is 0 Å². The van der Waals surface area contributed by atoms with E-state index in [9.17, 15) is 34.5 Å². The number of cyclic esters (lactones) is 1. The number of allylic oxidation sites excluding steroid dienone is 4. The Morgan fingerprint density at radius 3 is 2.25 bits per heavy atom. The molecular formula is C44H69NO12. The number of piperidine rings is 1. The molecule has 1 unspecified atom stereocenters. The van der Waals surface area contributed by atoms with Crippen molar-refractivity contribution in [3.05, 3.63) is 36.0 Å². The number of amides is 1. The summed E-state index contributed by atoms with van der Waals surface area (Å²) in [7, 11) is 4.61. The van der Waals surface area contributed by atoms with Crippen molar-refractivity contribution >= 4 is 23.4 Å². The van der Waals surface area contributed by atoms with Gasteiger partial charge in [-0.2, -0.15) is 0 Å². The maximum atomic E-state index is 14.3. The molecule has 3 fully saturated rings. The van der Waals surface area contributed by atoms with Crippen molar-refractivity contribution in [2.45, 2.75) is 160 Å². The van der Waals surface area contributed by atoms with Crippen molar-refractivity contribution in [1.29, 1.82) is 0 Å². The summed E-state index contributed by atoms with van der Waals surface area (Å²) in [6, 6.07) is -1.14. The molecule has 4 rings (SSSR count). The van der Waals surface area contributed by atoms with Crippen molar-refractivity contribution in [3.8, 4) is 0 Å². The van der Waals surface area contributed by atoms with Crippen LogP contribution in [0.15, 0.2) is 36.0 Å². The number of hydrogen-bond donors (Lipinski definition) is 3. The molecule has 0 spiro atoms. The highest BCUT2D eigenvalue weighted by molar-refractivity contribution is 6.39. The van der Waals surface area contributed by atoms with Gasteiger partial charge in [-0.15, -0.1) is 6.58 Å². The van der Waals surface area contributed by atoms with Crippen molar-refractivity contribution in [1.82, 2.24) is 4.90 Å². The highest BCUT2D eigenvalue weighted by Crippen LogP contribution is 2.39. The van der Waals surface area contributed by atoms with E-state index in [0.717, 1.165) is 5.57 Å². The van der Waals surface area contributed by atoms with Crippen LogP contribution in [0.3, 0.4) is 0 Å². The number of carbonyl (C=O) groups is 4. The van der Waals surface area contributed by atoms with E-state index in [-0.39, 0.29) is 49.5 Å². The standard InChI is InChI=1S/C44H69NO12/c1-10-13-31-19-25(2)18-26(3)20-37(54-8)40-38(55-9)22-28(5)44(52,57-40)41(49)42(50)45-17-12-11-14-32(45)43(51)56-39(29(6)34(47)24-35(31)48)27(4)21-30-15-16-33(46)36(23-30)53-7/h10,19,21,26,28-34,36-40,46-47,52H,1,11-18,20,22-24H2,2-9H3/b25-19+,27-21+/t26-,28-,29-,30?,31+,32+,33-,34-,36-,37+,38+,39-,40-,44-/m1/s1. The Balaban J connectivity index is 1.78. The van der Waals surface area contributed by atoms with Crippen molar-refractivity contribution in [3.63, 3.8) is 0 Å². The Labute approximate surface area is 339 Å². The monoisotopic (exact) mass is 803 g/mol. The van der Waals surface area contributed by atoms with Gasteiger partial charge < -0.3 is 43.9 Å². The molecular weight excluding hydrogens is 734 g/mol. The molecule has 3 aliphatic heterocycles. The first-order valence-electron chi connectivity index (χ1n) is 20.9. The lowest BCUT2D eigenvalue weighted by Crippen LogP contribution is -2.64. The maximum absolute atomic E-state index is 14.3. The van der Waals surface area contributed by atoms with Gasteiger partial charge in [-0.1, -0.05) is 44.6 Å².